The van der Waals surface area contributed by atoms with Gasteiger partial charge in [0, 0.05) is 12.2 Å². The molecule has 0 N–H and O–H groups in total. The van der Waals surface area contributed by atoms with Crippen LogP contribution in [0.4, 0.5) is 5.69 Å². The highest BCUT2D eigenvalue weighted by Crippen LogP contribution is 2.29. The Morgan fingerprint density at radius 2 is 2.04 bits per heavy atom. The quantitative estimate of drug-likeness (QED) is 0.603. The first kappa shape index (κ1) is 18.6. The van der Waals surface area contributed by atoms with E-state index in [1.807, 2.05) is 54.3 Å². The molecule has 2 aromatic carbocycles. The number of para-hydroxylation sites is 2. The summed E-state index contributed by atoms with van der Waals surface area (Å²) in [4.78, 5) is 18.9. The second-order valence-corrected chi connectivity index (χ2v) is 7.34. The Morgan fingerprint density at radius 1 is 1.21 bits per heavy atom. The summed E-state index contributed by atoms with van der Waals surface area (Å²) < 4.78 is 11.0. The van der Waals surface area contributed by atoms with Gasteiger partial charge in [0.05, 0.1) is 23.7 Å². The first-order valence-corrected chi connectivity index (χ1v) is 10.4. The summed E-state index contributed by atoms with van der Waals surface area (Å²) in [6.45, 7) is 3.25. The number of benzene rings is 2. The van der Waals surface area contributed by atoms with Crippen molar-refractivity contribution in [1.82, 2.24) is 10.1 Å². The number of amides is 1. The molecule has 0 bridgehead atoms. The normalized spacial score (nSPS) is 12.8. The van der Waals surface area contributed by atoms with Crippen molar-refractivity contribution in [2.75, 3.05) is 23.8 Å². The lowest BCUT2D eigenvalue weighted by molar-refractivity contribution is -0.116. The summed E-state index contributed by atoms with van der Waals surface area (Å²) in [6.07, 6.45) is 0.916. The van der Waals surface area contributed by atoms with Crippen LogP contribution in [0.2, 0.25) is 0 Å². The van der Waals surface area contributed by atoms with Crippen molar-refractivity contribution in [3.05, 3.63) is 60.0 Å². The van der Waals surface area contributed by atoms with E-state index in [0.29, 0.717) is 29.8 Å². The van der Waals surface area contributed by atoms with Crippen LogP contribution in [-0.2, 0) is 17.0 Å². The minimum absolute atomic E-state index is 0.108. The number of hydrogen-bond donors (Lipinski definition) is 0. The summed E-state index contributed by atoms with van der Waals surface area (Å²) in [6, 6.07) is 15.7. The van der Waals surface area contributed by atoms with Crippen LogP contribution in [0.15, 0.2) is 53.1 Å². The fourth-order valence-electron chi connectivity index (χ4n) is 3.26. The minimum atomic E-state index is 0.108. The van der Waals surface area contributed by atoms with E-state index in [9.17, 15) is 4.79 Å². The molecule has 1 aromatic heterocycles. The number of hydrogen-bond acceptors (Lipinski definition) is 6. The Kier molecular flexibility index (Phi) is 5.62. The third kappa shape index (κ3) is 3.89. The fraction of sp³-hybridized carbons (Fsp3) is 0.286. The highest BCUT2D eigenvalue weighted by atomic mass is 32.2. The molecule has 1 aliphatic rings. The first-order valence-electron chi connectivity index (χ1n) is 9.27. The van der Waals surface area contributed by atoms with Crippen molar-refractivity contribution in [3.8, 4) is 17.1 Å². The molecule has 0 atom stereocenters. The standard InChI is InChI=1S/C21H21N3O3S/c1-2-26-18-10-6-4-8-16(18)21-22-19(27-23-21)13-28-14-20(25)24-12-11-15-7-3-5-9-17(15)24/h3-10H,2,11-14H2,1H3. The highest BCUT2D eigenvalue weighted by molar-refractivity contribution is 7.99. The van der Waals surface area contributed by atoms with Gasteiger partial charge >= 0.3 is 0 Å². The summed E-state index contributed by atoms with van der Waals surface area (Å²) in [7, 11) is 0. The molecular weight excluding hydrogens is 374 g/mol. The van der Waals surface area contributed by atoms with Crippen molar-refractivity contribution in [2.24, 2.45) is 0 Å². The summed E-state index contributed by atoms with van der Waals surface area (Å²) in [5, 5.41) is 4.06. The van der Waals surface area contributed by atoms with Gasteiger partial charge in [-0.2, -0.15) is 4.98 Å². The van der Waals surface area contributed by atoms with Crippen LogP contribution in [-0.4, -0.2) is 35.0 Å². The molecule has 0 radical (unpaired) electrons. The zero-order valence-electron chi connectivity index (χ0n) is 15.6. The fourth-order valence-corrected chi connectivity index (χ4v) is 3.98. The van der Waals surface area contributed by atoms with Gasteiger partial charge in [0.2, 0.25) is 17.6 Å². The van der Waals surface area contributed by atoms with Crippen LogP contribution >= 0.6 is 11.8 Å². The third-order valence-corrected chi connectivity index (χ3v) is 5.44. The lowest BCUT2D eigenvalue weighted by atomic mass is 10.2. The molecule has 2 heterocycles. The van der Waals surface area contributed by atoms with Crippen molar-refractivity contribution in [3.63, 3.8) is 0 Å². The van der Waals surface area contributed by atoms with Gasteiger partial charge in [0.1, 0.15) is 5.75 Å². The molecule has 4 rings (SSSR count). The van der Waals surface area contributed by atoms with Gasteiger partial charge in [0.15, 0.2) is 0 Å². The minimum Gasteiger partial charge on any atom is -0.493 e. The average Bonchev–Trinajstić information content (AvgIpc) is 3.36. The number of nitrogens with zero attached hydrogens (tertiary/aromatic N) is 3. The molecule has 6 nitrogen and oxygen atoms in total. The first-order chi connectivity index (χ1) is 13.8. The molecule has 1 amide bonds. The van der Waals surface area contributed by atoms with Crippen LogP contribution in [0, 0.1) is 0 Å². The maximum atomic E-state index is 12.6. The van der Waals surface area contributed by atoms with E-state index >= 15 is 0 Å². The monoisotopic (exact) mass is 395 g/mol. The molecule has 144 valence electrons. The largest absolute Gasteiger partial charge is 0.493 e. The van der Waals surface area contributed by atoms with Crippen LogP contribution < -0.4 is 9.64 Å². The van der Waals surface area contributed by atoms with Crippen molar-refractivity contribution in [1.29, 1.82) is 0 Å². The Labute approximate surface area is 167 Å². The smallest absolute Gasteiger partial charge is 0.237 e. The van der Waals surface area contributed by atoms with Crippen LogP contribution in [0.25, 0.3) is 11.4 Å². The molecule has 0 fully saturated rings. The molecule has 0 unspecified atom stereocenters. The number of anilines is 1. The number of carbonyl (C=O) groups is 1. The van der Waals surface area contributed by atoms with Gasteiger partial charge in [-0.25, -0.2) is 0 Å². The van der Waals surface area contributed by atoms with Gasteiger partial charge < -0.3 is 14.2 Å². The molecular formula is C21H21N3O3S. The maximum Gasteiger partial charge on any atom is 0.237 e. The van der Waals surface area contributed by atoms with Crippen molar-refractivity contribution < 1.29 is 14.1 Å². The zero-order valence-corrected chi connectivity index (χ0v) is 16.4. The number of carbonyl (C=O) groups excluding carboxylic acids is 1. The van der Waals surface area contributed by atoms with E-state index in [2.05, 4.69) is 16.2 Å². The van der Waals surface area contributed by atoms with Crippen LogP contribution in [0.5, 0.6) is 5.75 Å². The van der Waals surface area contributed by atoms with E-state index in [1.165, 1.54) is 17.3 Å². The Hall–Kier alpha value is -2.80. The molecule has 28 heavy (non-hydrogen) atoms. The molecule has 1 aliphatic heterocycles. The Morgan fingerprint density at radius 3 is 2.93 bits per heavy atom. The molecule has 0 saturated heterocycles. The SMILES string of the molecule is CCOc1ccccc1-c1noc(CSCC(=O)N2CCc3ccccc32)n1. The second-order valence-electron chi connectivity index (χ2n) is 6.36. The van der Waals surface area contributed by atoms with Gasteiger partial charge in [-0.3, -0.25) is 4.79 Å². The lowest BCUT2D eigenvalue weighted by Crippen LogP contribution is -2.30. The summed E-state index contributed by atoms with van der Waals surface area (Å²) in [5.41, 5.74) is 3.06. The Balaban J connectivity index is 1.35. The molecule has 3 aromatic rings. The summed E-state index contributed by atoms with van der Waals surface area (Å²) in [5.74, 6) is 2.71. The number of thioether (sulfide) groups is 1. The van der Waals surface area contributed by atoms with Gasteiger partial charge in [-0.15, -0.1) is 11.8 Å². The Bertz CT molecular complexity index is 973. The molecule has 0 saturated carbocycles. The number of ether oxygens (including phenoxy) is 1. The topological polar surface area (TPSA) is 68.5 Å². The zero-order chi connectivity index (χ0) is 19.3. The average molecular weight is 395 g/mol. The van der Waals surface area contributed by atoms with Gasteiger partial charge in [0.25, 0.3) is 0 Å². The van der Waals surface area contributed by atoms with Crippen molar-refractivity contribution in [2.45, 2.75) is 19.1 Å². The van der Waals surface area contributed by atoms with Crippen LogP contribution in [0.1, 0.15) is 18.4 Å². The maximum absolute atomic E-state index is 12.6. The lowest BCUT2D eigenvalue weighted by Gasteiger charge is -2.16. The van der Waals surface area contributed by atoms with E-state index in [4.69, 9.17) is 9.26 Å². The molecule has 7 heteroatoms. The van der Waals surface area contributed by atoms with E-state index in [0.717, 1.165) is 30.0 Å². The second kappa shape index (κ2) is 8.48. The number of aromatic nitrogens is 2. The van der Waals surface area contributed by atoms with Gasteiger partial charge in [-0.1, -0.05) is 35.5 Å². The number of fused-ring (bicyclic) bond motifs is 1. The van der Waals surface area contributed by atoms with Gasteiger partial charge in [-0.05, 0) is 37.1 Å². The summed E-state index contributed by atoms with van der Waals surface area (Å²) >= 11 is 1.48. The molecule has 0 spiro atoms. The predicted molar refractivity (Wildman–Crippen MR) is 110 cm³/mol. The van der Waals surface area contributed by atoms with E-state index in [-0.39, 0.29) is 5.91 Å². The van der Waals surface area contributed by atoms with Crippen LogP contribution in [0.3, 0.4) is 0 Å². The van der Waals surface area contributed by atoms with Crippen molar-refractivity contribution >= 4 is 23.4 Å². The third-order valence-electron chi connectivity index (χ3n) is 4.54. The van der Waals surface area contributed by atoms with E-state index in [1.54, 1.807) is 0 Å². The molecule has 0 aliphatic carbocycles. The predicted octanol–water partition coefficient (Wildman–Crippen LogP) is 3.96. The van der Waals surface area contributed by atoms with E-state index < -0.39 is 0 Å². The highest BCUT2D eigenvalue weighted by Gasteiger charge is 2.24. The number of rotatable bonds is 7.